The molecule has 1 atom stereocenters. The van der Waals surface area contributed by atoms with E-state index in [2.05, 4.69) is 15.9 Å². The summed E-state index contributed by atoms with van der Waals surface area (Å²) in [6.45, 7) is -0.150. The van der Waals surface area contributed by atoms with Gasteiger partial charge in [-0.2, -0.15) is 13.2 Å². The second kappa shape index (κ2) is 6.77. The molecular formula is C20H13BrF3NO3. The summed E-state index contributed by atoms with van der Waals surface area (Å²) in [4.78, 5) is 26.4. The van der Waals surface area contributed by atoms with Crippen molar-refractivity contribution in [3.63, 3.8) is 0 Å². The van der Waals surface area contributed by atoms with E-state index in [1.807, 2.05) is 0 Å². The van der Waals surface area contributed by atoms with Crippen LogP contribution in [-0.4, -0.2) is 18.5 Å². The first kappa shape index (κ1) is 18.7. The first-order chi connectivity index (χ1) is 13.3. The fourth-order valence-electron chi connectivity index (χ4n) is 3.55. The van der Waals surface area contributed by atoms with Crippen LogP contribution in [0.2, 0.25) is 0 Å². The number of ether oxygens (including phenoxy) is 1. The first-order valence-electron chi connectivity index (χ1n) is 8.41. The monoisotopic (exact) mass is 451 g/mol. The van der Waals surface area contributed by atoms with E-state index in [1.54, 1.807) is 24.3 Å². The van der Waals surface area contributed by atoms with Crippen LogP contribution < -0.4 is 4.90 Å². The molecule has 0 aliphatic carbocycles. The van der Waals surface area contributed by atoms with Crippen LogP contribution in [0.4, 0.5) is 18.9 Å². The lowest BCUT2D eigenvalue weighted by Gasteiger charge is -2.32. The zero-order valence-electron chi connectivity index (χ0n) is 14.3. The third kappa shape index (κ3) is 3.22. The van der Waals surface area contributed by atoms with Gasteiger partial charge < -0.3 is 4.74 Å². The summed E-state index contributed by atoms with van der Waals surface area (Å²) in [5.41, 5.74) is 0.597. The van der Waals surface area contributed by atoms with Gasteiger partial charge in [0.05, 0.1) is 16.8 Å². The van der Waals surface area contributed by atoms with E-state index >= 15 is 0 Å². The van der Waals surface area contributed by atoms with Crippen molar-refractivity contribution in [2.24, 2.45) is 0 Å². The molecule has 4 rings (SSSR count). The van der Waals surface area contributed by atoms with E-state index < -0.39 is 23.6 Å². The fraction of sp³-hybridized carbons (Fsp3) is 0.200. The van der Waals surface area contributed by atoms with Crippen molar-refractivity contribution in [3.8, 4) is 0 Å². The maximum Gasteiger partial charge on any atom is 0.416 e. The SMILES string of the molecule is O=C1OCC2=C1C(c1ccc(Br)cc1)CC(=O)N2c1cccc(C(F)(F)F)c1. The molecule has 0 aromatic heterocycles. The summed E-state index contributed by atoms with van der Waals surface area (Å²) in [6.07, 6.45) is -4.57. The molecule has 2 aromatic rings. The molecule has 0 saturated carbocycles. The molecule has 0 saturated heterocycles. The minimum atomic E-state index is -4.53. The predicted molar refractivity (Wildman–Crippen MR) is 98.4 cm³/mol. The molecule has 144 valence electrons. The number of alkyl halides is 3. The predicted octanol–water partition coefficient (Wildman–Crippen LogP) is 4.80. The van der Waals surface area contributed by atoms with Gasteiger partial charge in [-0.05, 0) is 35.9 Å². The highest BCUT2D eigenvalue weighted by Crippen LogP contribution is 2.42. The fourth-order valence-corrected chi connectivity index (χ4v) is 3.82. The number of nitrogens with zero attached hydrogens (tertiary/aromatic N) is 1. The molecule has 28 heavy (non-hydrogen) atoms. The second-order valence-corrected chi connectivity index (χ2v) is 7.44. The van der Waals surface area contributed by atoms with E-state index in [-0.39, 0.29) is 24.6 Å². The maximum atomic E-state index is 13.1. The Kier molecular flexibility index (Phi) is 4.53. The van der Waals surface area contributed by atoms with Crippen LogP contribution in [0, 0.1) is 0 Å². The number of carbonyl (C=O) groups excluding carboxylic acids is 2. The Morgan fingerprint density at radius 1 is 1.07 bits per heavy atom. The smallest absolute Gasteiger partial charge is 0.416 e. The number of anilines is 1. The minimum Gasteiger partial charge on any atom is -0.456 e. The Bertz CT molecular complexity index is 999. The van der Waals surface area contributed by atoms with E-state index in [9.17, 15) is 22.8 Å². The second-order valence-electron chi connectivity index (χ2n) is 6.52. The topological polar surface area (TPSA) is 46.6 Å². The molecule has 4 nitrogen and oxygen atoms in total. The number of hydrogen-bond acceptors (Lipinski definition) is 3. The van der Waals surface area contributed by atoms with Crippen LogP contribution in [0.25, 0.3) is 0 Å². The number of hydrogen-bond donors (Lipinski definition) is 0. The Morgan fingerprint density at radius 2 is 1.79 bits per heavy atom. The van der Waals surface area contributed by atoms with Gasteiger partial charge in [-0.25, -0.2) is 4.79 Å². The quantitative estimate of drug-likeness (QED) is 0.616. The summed E-state index contributed by atoms with van der Waals surface area (Å²) in [7, 11) is 0. The van der Waals surface area contributed by atoms with E-state index in [1.165, 1.54) is 17.0 Å². The average Bonchev–Trinajstić information content (AvgIpc) is 3.03. The average molecular weight is 452 g/mol. The number of esters is 1. The molecule has 2 aromatic carbocycles. The van der Waals surface area contributed by atoms with Crippen molar-refractivity contribution >= 4 is 33.5 Å². The summed E-state index contributed by atoms with van der Waals surface area (Å²) in [6, 6.07) is 11.7. The van der Waals surface area contributed by atoms with Crippen LogP contribution in [-0.2, 0) is 20.5 Å². The molecule has 2 aliphatic rings. The Labute approximate surface area is 166 Å². The van der Waals surface area contributed by atoms with Crippen LogP contribution in [0.3, 0.4) is 0 Å². The normalized spacial score (nSPS) is 19.7. The van der Waals surface area contributed by atoms with Gasteiger partial charge in [-0.3, -0.25) is 9.69 Å². The molecule has 0 spiro atoms. The summed E-state index contributed by atoms with van der Waals surface area (Å²) < 4.78 is 45.2. The zero-order chi connectivity index (χ0) is 20.1. The van der Waals surface area contributed by atoms with Crippen molar-refractivity contribution < 1.29 is 27.5 Å². The molecule has 0 N–H and O–H groups in total. The lowest BCUT2D eigenvalue weighted by molar-refractivity contribution is -0.138. The van der Waals surface area contributed by atoms with Gasteiger partial charge in [-0.15, -0.1) is 0 Å². The molecule has 1 amide bonds. The molecule has 0 bridgehead atoms. The summed E-state index contributed by atoms with van der Waals surface area (Å²) in [5.74, 6) is -1.43. The van der Waals surface area contributed by atoms with Gasteiger partial charge in [0, 0.05) is 22.5 Å². The number of cyclic esters (lactones) is 1. The zero-order valence-corrected chi connectivity index (χ0v) is 15.9. The standard InChI is InChI=1S/C20H13BrF3NO3/c21-13-6-4-11(5-7-13)15-9-17(26)25(16-10-28-19(27)18(15)16)14-3-1-2-12(8-14)20(22,23)24/h1-8,15H,9-10H2. The molecule has 2 aliphatic heterocycles. The number of amides is 1. The lowest BCUT2D eigenvalue weighted by Crippen LogP contribution is -2.37. The van der Waals surface area contributed by atoms with Gasteiger partial charge in [-0.1, -0.05) is 34.1 Å². The number of carbonyl (C=O) groups is 2. The highest BCUT2D eigenvalue weighted by atomic mass is 79.9. The van der Waals surface area contributed by atoms with Gasteiger partial charge in [0.1, 0.15) is 6.61 Å². The molecule has 2 heterocycles. The summed E-state index contributed by atoms with van der Waals surface area (Å²) in [5, 5.41) is 0. The van der Waals surface area contributed by atoms with Crippen molar-refractivity contribution in [1.29, 1.82) is 0 Å². The molecule has 0 fully saturated rings. The summed E-state index contributed by atoms with van der Waals surface area (Å²) >= 11 is 3.34. The van der Waals surface area contributed by atoms with Gasteiger partial charge in [0.25, 0.3) is 0 Å². The van der Waals surface area contributed by atoms with Crippen molar-refractivity contribution in [1.82, 2.24) is 0 Å². The van der Waals surface area contributed by atoms with Crippen molar-refractivity contribution in [3.05, 3.63) is 75.4 Å². The maximum absolute atomic E-state index is 13.1. The molecular weight excluding hydrogens is 439 g/mol. The molecule has 1 unspecified atom stereocenters. The third-order valence-electron chi connectivity index (χ3n) is 4.82. The van der Waals surface area contributed by atoms with Gasteiger partial charge in [0.2, 0.25) is 5.91 Å². The van der Waals surface area contributed by atoms with Gasteiger partial charge >= 0.3 is 12.1 Å². The largest absolute Gasteiger partial charge is 0.456 e. The number of benzene rings is 2. The van der Waals surface area contributed by atoms with Crippen LogP contribution in [0.1, 0.15) is 23.5 Å². The van der Waals surface area contributed by atoms with Crippen molar-refractivity contribution in [2.75, 3.05) is 11.5 Å². The molecule has 8 heteroatoms. The van der Waals surface area contributed by atoms with Crippen LogP contribution >= 0.6 is 15.9 Å². The molecule has 0 radical (unpaired) electrons. The Hall–Kier alpha value is -2.61. The third-order valence-corrected chi connectivity index (χ3v) is 5.35. The van der Waals surface area contributed by atoms with E-state index in [4.69, 9.17) is 4.74 Å². The Morgan fingerprint density at radius 3 is 2.46 bits per heavy atom. The lowest BCUT2D eigenvalue weighted by atomic mass is 9.84. The number of halogens is 4. The number of rotatable bonds is 2. The minimum absolute atomic E-state index is 0.0359. The van der Waals surface area contributed by atoms with Crippen molar-refractivity contribution in [2.45, 2.75) is 18.5 Å². The first-order valence-corrected chi connectivity index (χ1v) is 9.21. The van der Waals surface area contributed by atoms with Crippen LogP contribution in [0.15, 0.2) is 64.3 Å². The van der Waals surface area contributed by atoms with Crippen LogP contribution in [0.5, 0.6) is 0 Å². The highest BCUT2D eigenvalue weighted by molar-refractivity contribution is 9.10. The van der Waals surface area contributed by atoms with E-state index in [0.717, 1.165) is 22.2 Å². The van der Waals surface area contributed by atoms with Gasteiger partial charge in [0.15, 0.2) is 0 Å². The highest BCUT2D eigenvalue weighted by Gasteiger charge is 2.43. The Balaban J connectivity index is 1.81. The van der Waals surface area contributed by atoms with E-state index in [0.29, 0.717) is 11.3 Å².